The van der Waals surface area contributed by atoms with Crippen LogP contribution >= 0.6 is 27.2 Å². The van der Waals surface area contributed by atoms with Crippen molar-refractivity contribution in [1.29, 1.82) is 0 Å². The van der Waals surface area contributed by atoms with Crippen LogP contribution in [0.1, 0.15) is 45.6 Å². The molecule has 1 aromatic heterocycles. The zero-order valence-corrected chi connectivity index (χ0v) is 27.9. The minimum atomic E-state index is -4.21. The van der Waals surface area contributed by atoms with Crippen LogP contribution in [0, 0.1) is 0 Å². The molecule has 0 spiro atoms. The lowest BCUT2D eigenvalue weighted by Gasteiger charge is -2.38. The van der Waals surface area contributed by atoms with Crippen molar-refractivity contribution in [3.63, 3.8) is 0 Å². The van der Waals surface area contributed by atoms with Crippen LogP contribution in [0.4, 0.5) is 0 Å². The van der Waals surface area contributed by atoms with Gasteiger partial charge in [0.2, 0.25) is 0 Å². The summed E-state index contributed by atoms with van der Waals surface area (Å²) in [6.45, 7) is 7.58. The fourth-order valence-corrected chi connectivity index (χ4v) is 7.95. The van der Waals surface area contributed by atoms with E-state index in [1.54, 1.807) is 52.0 Å². The fourth-order valence-electron chi connectivity index (χ4n) is 5.15. The zero-order chi connectivity index (χ0) is 32.1. The van der Waals surface area contributed by atoms with E-state index in [0.29, 0.717) is 23.6 Å². The number of rotatable bonds is 14. The topological polar surface area (TPSA) is 143 Å². The van der Waals surface area contributed by atoms with E-state index in [2.05, 4.69) is 0 Å². The highest BCUT2D eigenvalue weighted by atomic mass is 35.5. The van der Waals surface area contributed by atoms with Gasteiger partial charge in [0, 0.05) is 35.7 Å². The molecule has 3 aromatic rings. The molecule has 1 aliphatic heterocycles. The number of likely N-dealkylation sites (tertiary alicyclic amines) is 1. The molecule has 0 unspecified atom stereocenters. The molecule has 242 valence electrons. The van der Waals surface area contributed by atoms with Crippen molar-refractivity contribution in [1.82, 2.24) is 4.90 Å². The van der Waals surface area contributed by atoms with Crippen LogP contribution in [-0.4, -0.2) is 62.7 Å². The summed E-state index contributed by atoms with van der Waals surface area (Å²) in [5, 5.41) is 11.3. The maximum atomic E-state index is 13.6. The quantitative estimate of drug-likeness (QED) is 0.171. The Balaban J connectivity index is 2.02. The Morgan fingerprint density at radius 3 is 2.20 bits per heavy atom. The molecule has 4 rings (SSSR count). The number of aromatic hydroxyl groups is 1. The second kappa shape index (κ2) is 14.9. The predicted octanol–water partition coefficient (Wildman–Crippen LogP) is 7.36. The van der Waals surface area contributed by atoms with Crippen molar-refractivity contribution in [3.8, 4) is 22.8 Å². The first-order chi connectivity index (χ1) is 21.0. The summed E-state index contributed by atoms with van der Waals surface area (Å²) in [4.78, 5) is 15.5. The maximum Gasteiger partial charge on any atom is 0.530 e. The monoisotopic (exact) mass is 673 g/mol. The average molecular weight is 674 g/mol. The number of phenols is 1. The summed E-state index contributed by atoms with van der Waals surface area (Å²) in [5.74, 6) is -1.15. The lowest BCUT2D eigenvalue weighted by atomic mass is 9.85. The van der Waals surface area contributed by atoms with Crippen LogP contribution in [0.3, 0.4) is 0 Å². The van der Waals surface area contributed by atoms with E-state index < -0.39 is 38.8 Å². The Kier molecular flexibility index (Phi) is 11.7. The van der Waals surface area contributed by atoms with Crippen molar-refractivity contribution in [2.24, 2.45) is 0 Å². The van der Waals surface area contributed by atoms with E-state index in [0.717, 1.165) is 0 Å². The molecule has 44 heavy (non-hydrogen) atoms. The van der Waals surface area contributed by atoms with Gasteiger partial charge in [-0.3, -0.25) is 27.4 Å². The van der Waals surface area contributed by atoms with Crippen molar-refractivity contribution in [3.05, 3.63) is 57.2 Å². The molecule has 1 aliphatic rings. The summed E-state index contributed by atoms with van der Waals surface area (Å²) in [7, 11) is -6.36. The van der Waals surface area contributed by atoms with E-state index in [1.165, 1.54) is 12.1 Å². The van der Waals surface area contributed by atoms with Gasteiger partial charge in [0.05, 0.1) is 37.6 Å². The minimum absolute atomic E-state index is 0.00374. The molecule has 2 aromatic carbocycles. The Hall–Kier alpha value is -2.24. The molecule has 0 aliphatic carbocycles. The van der Waals surface area contributed by atoms with E-state index in [4.69, 9.17) is 43.2 Å². The van der Waals surface area contributed by atoms with Gasteiger partial charge in [-0.15, -0.1) is 0 Å². The average Bonchev–Trinajstić information content (AvgIpc) is 2.94. The number of halogens is 1. The third-order valence-electron chi connectivity index (χ3n) is 6.88. The summed E-state index contributed by atoms with van der Waals surface area (Å²) in [5.41, 5.74) is 0.0745. The first-order valence-electron chi connectivity index (χ1n) is 14.4. The first kappa shape index (κ1) is 34.6. The van der Waals surface area contributed by atoms with Gasteiger partial charge in [0.15, 0.2) is 5.43 Å². The van der Waals surface area contributed by atoms with Gasteiger partial charge in [-0.2, -0.15) is 0 Å². The number of fused-ring (bicyclic) bond motifs is 1. The highest BCUT2D eigenvalue weighted by molar-refractivity contribution is 7.49. The number of phenolic OH excluding ortho intramolecular Hbond substituents is 1. The van der Waals surface area contributed by atoms with E-state index in [-0.39, 0.29) is 61.0 Å². The standard InChI is InChI=1S/C29H38ClNO11P2/c1-6-36-43(34,37-7-2)41-25-17-23(33)28-22(32)16-24(19-12-10-11-13-21(19)30)40-29(28)27(25)20-14-15-31(5)18-26(20)42-44(35,38-8-3)39-9-4/h10-13,16-17,20,26,33H,6-9,14-15,18H2,1-5H3/t20-,26+/m0/s1. The van der Waals surface area contributed by atoms with Crippen LogP contribution in [-0.2, 0) is 31.7 Å². The Labute approximate surface area is 261 Å². The van der Waals surface area contributed by atoms with Crippen molar-refractivity contribution in [2.75, 3.05) is 46.6 Å². The number of hydrogen-bond donors (Lipinski definition) is 1. The molecule has 2 atom stereocenters. The third kappa shape index (κ3) is 7.76. The second-order valence-corrected chi connectivity index (χ2v) is 13.5. The molecule has 15 heteroatoms. The third-order valence-corrected chi connectivity index (χ3v) is 10.5. The fraction of sp³-hybridized carbons (Fsp3) is 0.483. The molecule has 1 fully saturated rings. The molecule has 1 N–H and O–H groups in total. The van der Waals surface area contributed by atoms with Crippen LogP contribution in [0.25, 0.3) is 22.3 Å². The molecule has 1 saturated heterocycles. The van der Waals surface area contributed by atoms with Crippen LogP contribution in [0.2, 0.25) is 5.02 Å². The van der Waals surface area contributed by atoms with Gasteiger partial charge in [-0.1, -0.05) is 23.7 Å². The smallest absolute Gasteiger partial charge is 0.507 e. The Bertz CT molecular complexity index is 1590. The number of hydrogen-bond acceptors (Lipinski definition) is 12. The number of nitrogens with zero attached hydrogens (tertiary/aromatic N) is 1. The van der Waals surface area contributed by atoms with Gasteiger partial charge in [0.1, 0.15) is 28.2 Å². The predicted molar refractivity (Wildman–Crippen MR) is 167 cm³/mol. The van der Waals surface area contributed by atoms with E-state index in [1.807, 2.05) is 11.9 Å². The normalized spacial score (nSPS) is 18.1. The highest BCUT2D eigenvalue weighted by Crippen LogP contribution is 2.56. The second-order valence-electron chi connectivity index (χ2n) is 9.92. The van der Waals surface area contributed by atoms with E-state index >= 15 is 0 Å². The highest BCUT2D eigenvalue weighted by Gasteiger charge is 2.42. The van der Waals surface area contributed by atoms with Crippen molar-refractivity contribution < 1.29 is 45.8 Å². The van der Waals surface area contributed by atoms with Gasteiger partial charge in [-0.25, -0.2) is 9.13 Å². The molecular formula is C29H38ClNO11P2. The number of benzene rings is 2. The molecule has 0 amide bonds. The Morgan fingerprint density at radius 1 is 0.977 bits per heavy atom. The van der Waals surface area contributed by atoms with Gasteiger partial charge in [-0.05, 0) is 59.8 Å². The summed E-state index contributed by atoms with van der Waals surface area (Å²) in [6.07, 6.45) is -0.455. The molecule has 12 nitrogen and oxygen atoms in total. The molecule has 2 heterocycles. The maximum absolute atomic E-state index is 13.6. The summed E-state index contributed by atoms with van der Waals surface area (Å²) in [6, 6.07) is 9.23. The van der Waals surface area contributed by atoms with Crippen LogP contribution < -0.4 is 9.95 Å². The number of phosphoric ester groups is 2. The number of phosphoric acid groups is 2. The van der Waals surface area contributed by atoms with Gasteiger partial charge >= 0.3 is 15.6 Å². The number of piperidine rings is 1. The van der Waals surface area contributed by atoms with Gasteiger partial charge in [0.25, 0.3) is 0 Å². The van der Waals surface area contributed by atoms with Crippen molar-refractivity contribution in [2.45, 2.75) is 46.1 Å². The zero-order valence-electron chi connectivity index (χ0n) is 25.3. The van der Waals surface area contributed by atoms with Crippen LogP contribution in [0.5, 0.6) is 11.5 Å². The van der Waals surface area contributed by atoms with Gasteiger partial charge < -0.3 is 18.9 Å². The number of likely N-dealkylation sites (N-methyl/N-ethyl adjacent to an activating group) is 1. The lowest BCUT2D eigenvalue weighted by Crippen LogP contribution is -2.42. The Morgan fingerprint density at radius 2 is 1.59 bits per heavy atom. The largest absolute Gasteiger partial charge is 0.530 e. The summed E-state index contributed by atoms with van der Waals surface area (Å²) < 4.78 is 67.2. The van der Waals surface area contributed by atoms with Crippen LogP contribution in [0.15, 0.2) is 45.6 Å². The molecule has 0 bridgehead atoms. The summed E-state index contributed by atoms with van der Waals surface area (Å²) >= 11 is 6.45. The minimum Gasteiger partial charge on any atom is -0.507 e. The molecule has 0 radical (unpaired) electrons. The van der Waals surface area contributed by atoms with E-state index in [9.17, 15) is 19.0 Å². The lowest BCUT2D eigenvalue weighted by molar-refractivity contribution is 0.0327. The molecular weight excluding hydrogens is 636 g/mol. The SMILES string of the molecule is CCOP(=O)(OCC)Oc1cc(O)c2c(=O)cc(-c3ccccc3Cl)oc2c1[C@H]1CCN(C)C[C@H]1OP(=O)(OCC)OCC. The first-order valence-corrected chi connectivity index (χ1v) is 17.7. The molecule has 0 saturated carbocycles. The van der Waals surface area contributed by atoms with Crippen molar-refractivity contribution >= 4 is 38.2 Å².